The lowest BCUT2D eigenvalue weighted by molar-refractivity contribution is 0.128. The number of nitrogens with zero attached hydrogens (tertiary/aromatic N) is 1. The largest absolute Gasteiger partial charge is 0.395 e. The zero-order valence-corrected chi connectivity index (χ0v) is 10.3. The van der Waals surface area contributed by atoms with Crippen LogP contribution in [0.15, 0.2) is 30.3 Å². The highest BCUT2D eigenvalue weighted by atomic mass is 16.3. The highest BCUT2D eigenvalue weighted by molar-refractivity contribution is 5.15. The van der Waals surface area contributed by atoms with Crippen LogP contribution in [-0.4, -0.2) is 29.2 Å². The van der Waals surface area contributed by atoms with Gasteiger partial charge in [-0.2, -0.15) is 0 Å². The summed E-state index contributed by atoms with van der Waals surface area (Å²) in [5.41, 5.74) is 1.37. The molecule has 3 rings (SSSR count). The number of aliphatic hydroxyl groups is 1. The van der Waals surface area contributed by atoms with E-state index in [1.165, 1.54) is 31.4 Å². The van der Waals surface area contributed by atoms with Crippen LogP contribution in [0.5, 0.6) is 0 Å². The Bertz CT molecular complexity index is 364. The van der Waals surface area contributed by atoms with Crippen molar-refractivity contribution < 1.29 is 5.11 Å². The topological polar surface area (TPSA) is 23.5 Å². The Labute approximate surface area is 103 Å². The first kappa shape index (κ1) is 11.2. The monoisotopic (exact) mass is 231 g/mol. The molecule has 1 aromatic carbocycles. The van der Waals surface area contributed by atoms with Crippen molar-refractivity contribution in [3.05, 3.63) is 35.9 Å². The first-order valence-corrected chi connectivity index (χ1v) is 6.77. The van der Waals surface area contributed by atoms with Crippen LogP contribution >= 0.6 is 0 Å². The first-order valence-electron chi connectivity index (χ1n) is 6.77. The minimum Gasteiger partial charge on any atom is -0.395 e. The van der Waals surface area contributed by atoms with Crippen molar-refractivity contribution in [3.8, 4) is 0 Å². The molecule has 2 aliphatic rings. The Morgan fingerprint density at radius 1 is 1.18 bits per heavy atom. The van der Waals surface area contributed by atoms with Gasteiger partial charge in [0.05, 0.1) is 6.61 Å². The third-order valence-corrected chi connectivity index (χ3v) is 4.57. The van der Waals surface area contributed by atoms with Gasteiger partial charge in [-0.15, -0.1) is 0 Å². The maximum absolute atomic E-state index is 9.62. The van der Waals surface area contributed by atoms with Crippen LogP contribution in [0.3, 0.4) is 0 Å². The minimum absolute atomic E-state index is 0.327. The van der Waals surface area contributed by atoms with Gasteiger partial charge in [-0.1, -0.05) is 36.8 Å². The summed E-state index contributed by atoms with van der Waals surface area (Å²) in [7, 11) is 0. The SMILES string of the molecule is OCC1[C@H]2CCC[C@H]2CN1Cc1ccccc1. The van der Waals surface area contributed by atoms with E-state index in [0.717, 1.165) is 18.4 Å². The molecule has 0 aromatic heterocycles. The fraction of sp³-hybridized carbons (Fsp3) is 0.600. The predicted molar refractivity (Wildman–Crippen MR) is 68.6 cm³/mol. The molecule has 1 N–H and O–H groups in total. The Balaban J connectivity index is 1.71. The maximum atomic E-state index is 9.62. The molecule has 1 heterocycles. The molecule has 17 heavy (non-hydrogen) atoms. The van der Waals surface area contributed by atoms with Gasteiger partial charge < -0.3 is 5.11 Å². The van der Waals surface area contributed by atoms with E-state index >= 15 is 0 Å². The molecule has 1 aromatic rings. The van der Waals surface area contributed by atoms with E-state index in [1.54, 1.807) is 0 Å². The Morgan fingerprint density at radius 2 is 2.00 bits per heavy atom. The Hall–Kier alpha value is -0.860. The average Bonchev–Trinajstić information content (AvgIpc) is 2.90. The zero-order valence-electron chi connectivity index (χ0n) is 10.3. The van der Waals surface area contributed by atoms with Gasteiger partial charge >= 0.3 is 0 Å². The smallest absolute Gasteiger partial charge is 0.0589 e. The molecule has 1 saturated carbocycles. The summed E-state index contributed by atoms with van der Waals surface area (Å²) < 4.78 is 0. The van der Waals surface area contributed by atoms with E-state index in [2.05, 4.69) is 35.2 Å². The summed E-state index contributed by atoms with van der Waals surface area (Å²) in [6.07, 6.45) is 4.05. The van der Waals surface area contributed by atoms with Crippen LogP contribution in [0.25, 0.3) is 0 Å². The molecule has 1 unspecified atom stereocenters. The van der Waals surface area contributed by atoms with E-state index in [9.17, 15) is 5.11 Å². The molecule has 2 heteroatoms. The number of aliphatic hydroxyl groups excluding tert-OH is 1. The summed E-state index contributed by atoms with van der Waals surface area (Å²) in [5, 5.41) is 9.62. The predicted octanol–water partition coefficient (Wildman–Crippen LogP) is 2.28. The average molecular weight is 231 g/mol. The summed E-state index contributed by atoms with van der Waals surface area (Å²) in [6, 6.07) is 11.0. The number of likely N-dealkylation sites (tertiary alicyclic amines) is 1. The fourth-order valence-electron chi connectivity index (χ4n) is 3.76. The first-order chi connectivity index (χ1) is 8.38. The van der Waals surface area contributed by atoms with Gasteiger partial charge in [0.25, 0.3) is 0 Å². The number of fused-ring (bicyclic) bond motifs is 1. The second kappa shape index (κ2) is 4.79. The van der Waals surface area contributed by atoms with Crippen LogP contribution in [0.4, 0.5) is 0 Å². The van der Waals surface area contributed by atoms with Gasteiger partial charge in [0, 0.05) is 19.1 Å². The van der Waals surface area contributed by atoms with E-state index in [0.29, 0.717) is 12.6 Å². The van der Waals surface area contributed by atoms with E-state index in [-0.39, 0.29) is 0 Å². The molecule has 1 saturated heterocycles. The van der Waals surface area contributed by atoms with Crippen LogP contribution in [0.1, 0.15) is 24.8 Å². The molecule has 2 nitrogen and oxygen atoms in total. The number of hydrogen-bond acceptors (Lipinski definition) is 2. The van der Waals surface area contributed by atoms with Crippen molar-refractivity contribution >= 4 is 0 Å². The number of benzene rings is 1. The molecule has 3 atom stereocenters. The molecular weight excluding hydrogens is 210 g/mol. The molecule has 0 radical (unpaired) electrons. The molecule has 0 amide bonds. The fourth-order valence-corrected chi connectivity index (χ4v) is 3.76. The van der Waals surface area contributed by atoms with Crippen molar-refractivity contribution in [2.24, 2.45) is 11.8 Å². The van der Waals surface area contributed by atoms with Gasteiger partial charge in [-0.25, -0.2) is 0 Å². The molecule has 1 aliphatic carbocycles. The van der Waals surface area contributed by atoms with Crippen molar-refractivity contribution in [1.82, 2.24) is 4.90 Å². The van der Waals surface area contributed by atoms with Crippen LogP contribution in [-0.2, 0) is 6.54 Å². The number of rotatable bonds is 3. The lowest BCUT2D eigenvalue weighted by Crippen LogP contribution is -2.35. The third kappa shape index (κ3) is 2.12. The van der Waals surface area contributed by atoms with E-state index < -0.39 is 0 Å². The van der Waals surface area contributed by atoms with Crippen molar-refractivity contribution in [2.75, 3.05) is 13.2 Å². The summed E-state index contributed by atoms with van der Waals surface area (Å²) in [6.45, 7) is 2.51. The highest BCUT2D eigenvalue weighted by Crippen LogP contribution is 2.42. The maximum Gasteiger partial charge on any atom is 0.0589 e. The summed E-state index contributed by atoms with van der Waals surface area (Å²) in [4.78, 5) is 2.49. The lowest BCUT2D eigenvalue weighted by Gasteiger charge is -2.26. The van der Waals surface area contributed by atoms with Crippen LogP contribution < -0.4 is 0 Å². The lowest BCUT2D eigenvalue weighted by atomic mass is 9.94. The van der Waals surface area contributed by atoms with Gasteiger partial charge in [-0.3, -0.25) is 4.90 Å². The molecule has 1 aliphatic heterocycles. The molecule has 2 fully saturated rings. The molecule has 92 valence electrons. The van der Waals surface area contributed by atoms with Gasteiger partial charge in [0.15, 0.2) is 0 Å². The molecule has 0 spiro atoms. The van der Waals surface area contributed by atoms with Gasteiger partial charge in [-0.05, 0) is 30.2 Å². The summed E-state index contributed by atoms with van der Waals surface area (Å²) >= 11 is 0. The van der Waals surface area contributed by atoms with Crippen molar-refractivity contribution in [1.29, 1.82) is 0 Å². The van der Waals surface area contributed by atoms with E-state index in [4.69, 9.17) is 0 Å². The second-order valence-corrected chi connectivity index (χ2v) is 5.52. The molecular formula is C15H21NO. The normalized spacial score (nSPS) is 32.9. The van der Waals surface area contributed by atoms with Crippen LogP contribution in [0, 0.1) is 11.8 Å². The van der Waals surface area contributed by atoms with Crippen molar-refractivity contribution in [3.63, 3.8) is 0 Å². The Kier molecular flexibility index (Phi) is 3.17. The summed E-state index contributed by atoms with van der Waals surface area (Å²) in [5.74, 6) is 1.60. The molecule has 0 bridgehead atoms. The second-order valence-electron chi connectivity index (χ2n) is 5.52. The van der Waals surface area contributed by atoms with Gasteiger partial charge in [0.1, 0.15) is 0 Å². The minimum atomic E-state index is 0.327. The number of hydrogen-bond donors (Lipinski definition) is 1. The Morgan fingerprint density at radius 3 is 2.76 bits per heavy atom. The van der Waals surface area contributed by atoms with Crippen LogP contribution in [0.2, 0.25) is 0 Å². The standard InChI is InChI=1S/C15H21NO/c17-11-15-14-8-4-7-13(14)10-16(15)9-12-5-2-1-3-6-12/h1-3,5-6,13-15,17H,4,7-11H2/t13-,14-,15?/m0/s1. The van der Waals surface area contributed by atoms with Gasteiger partial charge in [0.2, 0.25) is 0 Å². The quantitative estimate of drug-likeness (QED) is 0.862. The zero-order chi connectivity index (χ0) is 11.7. The van der Waals surface area contributed by atoms with E-state index in [1.807, 2.05) is 0 Å². The highest BCUT2D eigenvalue weighted by Gasteiger charge is 2.43. The van der Waals surface area contributed by atoms with Crippen molar-refractivity contribution in [2.45, 2.75) is 31.8 Å². The third-order valence-electron chi connectivity index (χ3n) is 4.57.